The Bertz CT molecular complexity index is 2860. The van der Waals surface area contributed by atoms with Crippen LogP contribution in [-0.4, -0.2) is 15.0 Å². The van der Waals surface area contributed by atoms with Crippen molar-refractivity contribution < 1.29 is 4.74 Å². The zero-order valence-electron chi connectivity index (χ0n) is 29.1. The van der Waals surface area contributed by atoms with Crippen molar-refractivity contribution in [3.05, 3.63) is 210 Å². The molecule has 0 fully saturated rings. The fourth-order valence-corrected chi connectivity index (χ4v) is 8.57. The fraction of sp³-hybridized carbons (Fsp3) is 0.0200. The van der Waals surface area contributed by atoms with Crippen molar-refractivity contribution in [1.29, 1.82) is 0 Å². The highest BCUT2D eigenvalue weighted by Gasteiger charge is 2.51. The largest absolute Gasteiger partial charge is 0.456 e. The van der Waals surface area contributed by atoms with E-state index >= 15 is 0 Å². The molecule has 2 aliphatic rings. The molecule has 0 amide bonds. The zero-order chi connectivity index (χ0) is 35.6. The lowest BCUT2D eigenvalue weighted by Crippen LogP contribution is -2.32. The number of aromatic nitrogens is 3. The highest BCUT2D eigenvalue weighted by atomic mass is 16.5. The van der Waals surface area contributed by atoms with Gasteiger partial charge >= 0.3 is 0 Å². The summed E-state index contributed by atoms with van der Waals surface area (Å²) in [5, 5.41) is 2.22. The predicted octanol–water partition coefficient (Wildman–Crippen LogP) is 12.2. The van der Waals surface area contributed by atoms with Crippen molar-refractivity contribution >= 4 is 10.8 Å². The summed E-state index contributed by atoms with van der Waals surface area (Å²) in [6.45, 7) is 0. The second kappa shape index (κ2) is 11.9. The smallest absolute Gasteiger partial charge is 0.164 e. The van der Waals surface area contributed by atoms with Gasteiger partial charge in [-0.25, -0.2) is 15.0 Å². The van der Waals surface area contributed by atoms with Crippen molar-refractivity contribution in [2.24, 2.45) is 0 Å². The third kappa shape index (κ3) is 4.53. The molecule has 1 aliphatic carbocycles. The first-order valence-electron chi connectivity index (χ1n) is 18.3. The molecule has 0 atom stereocenters. The van der Waals surface area contributed by atoms with Gasteiger partial charge in [0.25, 0.3) is 0 Å². The Morgan fingerprint density at radius 2 is 0.833 bits per heavy atom. The summed E-state index contributed by atoms with van der Waals surface area (Å²) in [5.74, 6) is 3.49. The van der Waals surface area contributed by atoms with Gasteiger partial charge in [-0.3, -0.25) is 0 Å². The summed E-state index contributed by atoms with van der Waals surface area (Å²) in [6, 6.07) is 66.0. The Morgan fingerprint density at radius 1 is 0.352 bits per heavy atom. The molecule has 252 valence electrons. The predicted molar refractivity (Wildman–Crippen MR) is 216 cm³/mol. The van der Waals surface area contributed by atoms with Crippen molar-refractivity contribution in [3.63, 3.8) is 0 Å². The maximum absolute atomic E-state index is 7.08. The highest BCUT2D eigenvalue weighted by Crippen LogP contribution is 2.63. The number of ether oxygens (including phenoxy) is 1. The molecule has 54 heavy (non-hydrogen) atoms. The monoisotopic (exact) mass is 689 g/mol. The number of nitrogens with zero attached hydrogens (tertiary/aromatic N) is 3. The van der Waals surface area contributed by atoms with Gasteiger partial charge in [-0.2, -0.15) is 0 Å². The normalized spacial score (nSPS) is 13.1. The van der Waals surface area contributed by atoms with Crippen LogP contribution in [0.5, 0.6) is 11.5 Å². The molecule has 1 aliphatic heterocycles. The Labute approximate surface area is 313 Å². The topological polar surface area (TPSA) is 47.9 Å². The summed E-state index contributed by atoms with van der Waals surface area (Å²) in [6.07, 6.45) is 0. The maximum atomic E-state index is 7.08. The van der Waals surface area contributed by atoms with Crippen LogP contribution in [-0.2, 0) is 5.41 Å². The first-order chi connectivity index (χ1) is 26.8. The average Bonchev–Trinajstić information content (AvgIpc) is 3.54. The molecular weight excluding hydrogens is 659 g/mol. The quantitative estimate of drug-likeness (QED) is 0.185. The summed E-state index contributed by atoms with van der Waals surface area (Å²) < 4.78 is 7.08. The van der Waals surface area contributed by atoms with Crippen LogP contribution in [0.25, 0.3) is 67.2 Å². The third-order valence-corrected chi connectivity index (χ3v) is 11.0. The number of hydrogen-bond acceptors (Lipinski definition) is 4. The number of rotatable bonds is 4. The summed E-state index contributed by atoms with van der Waals surface area (Å²) in [7, 11) is 0. The lowest BCUT2D eigenvalue weighted by molar-refractivity contribution is 0.442. The van der Waals surface area contributed by atoms with E-state index in [1.54, 1.807) is 0 Å². The molecule has 4 nitrogen and oxygen atoms in total. The van der Waals surface area contributed by atoms with E-state index in [1.165, 1.54) is 27.8 Å². The van der Waals surface area contributed by atoms with E-state index in [2.05, 4.69) is 152 Å². The van der Waals surface area contributed by atoms with Crippen LogP contribution in [0.2, 0.25) is 0 Å². The van der Waals surface area contributed by atoms with Gasteiger partial charge in [-0.15, -0.1) is 0 Å². The van der Waals surface area contributed by atoms with Crippen LogP contribution in [0.15, 0.2) is 188 Å². The Balaban J connectivity index is 1.12. The molecule has 4 heteroatoms. The van der Waals surface area contributed by atoms with Gasteiger partial charge < -0.3 is 4.74 Å². The van der Waals surface area contributed by atoms with Gasteiger partial charge in [-0.05, 0) is 44.8 Å². The molecule has 0 unspecified atom stereocenters. The number of fused-ring (bicyclic) bond motifs is 11. The number of hydrogen-bond donors (Lipinski definition) is 0. The Morgan fingerprint density at radius 3 is 1.52 bits per heavy atom. The maximum Gasteiger partial charge on any atom is 0.164 e. The van der Waals surface area contributed by atoms with Crippen LogP contribution in [0.4, 0.5) is 0 Å². The van der Waals surface area contributed by atoms with Crippen LogP contribution in [0.3, 0.4) is 0 Å². The minimum atomic E-state index is -0.571. The number of benzene rings is 8. The average molecular weight is 690 g/mol. The van der Waals surface area contributed by atoms with Gasteiger partial charge in [0.15, 0.2) is 17.5 Å². The third-order valence-electron chi connectivity index (χ3n) is 11.0. The van der Waals surface area contributed by atoms with Crippen molar-refractivity contribution in [1.82, 2.24) is 15.0 Å². The molecule has 2 heterocycles. The SMILES string of the molecule is c1ccc(-c2ccc(-c3nc(-c4ccccc4)nc(-c4ccc5c(c4)Oc4c(ccc6ccccc46)C54c5ccccc5-c5ccccc54)n3)cc2)cc1. The molecule has 1 aromatic heterocycles. The molecule has 0 bridgehead atoms. The van der Waals surface area contributed by atoms with Crippen LogP contribution < -0.4 is 4.74 Å². The summed E-state index contributed by atoms with van der Waals surface area (Å²) in [5.41, 5.74) is 11.7. The Kier molecular flexibility index (Phi) is 6.73. The fourth-order valence-electron chi connectivity index (χ4n) is 8.57. The lowest BCUT2D eigenvalue weighted by Gasteiger charge is -2.40. The van der Waals surface area contributed by atoms with Crippen LogP contribution >= 0.6 is 0 Å². The van der Waals surface area contributed by atoms with E-state index in [0.29, 0.717) is 17.5 Å². The van der Waals surface area contributed by atoms with Crippen molar-refractivity contribution in [2.45, 2.75) is 5.41 Å². The minimum Gasteiger partial charge on any atom is -0.456 e. The van der Waals surface area contributed by atoms with Gasteiger partial charge in [0.1, 0.15) is 11.5 Å². The molecule has 11 rings (SSSR count). The first-order valence-corrected chi connectivity index (χ1v) is 18.3. The molecule has 0 N–H and O–H groups in total. The van der Waals surface area contributed by atoms with E-state index in [9.17, 15) is 0 Å². The van der Waals surface area contributed by atoms with Gasteiger partial charge in [0, 0.05) is 33.2 Å². The molecule has 0 radical (unpaired) electrons. The highest BCUT2D eigenvalue weighted by molar-refractivity contribution is 5.96. The van der Waals surface area contributed by atoms with Crippen LogP contribution in [0, 0.1) is 0 Å². The summed E-state index contributed by atoms with van der Waals surface area (Å²) in [4.78, 5) is 15.2. The molecule has 9 aromatic rings. The van der Waals surface area contributed by atoms with E-state index in [0.717, 1.165) is 55.7 Å². The molecule has 1 spiro atoms. The van der Waals surface area contributed by atoms with Crippen molar-refractivity contribution in [2.75, 3.05) is 0 Å². The molecule has 0 saturated heterocycles. The van der Waals surface area contributed by atoms with E-state index in [4.69, 9.17) is 19.7 Å². The van der Waals surface area contributed by atoms with Gasteiger partial charge in [0.05, 0.1) is 5.41 Å². The zero-order valence-corrected chi connectivity index (χ0v) is 29.1. The Hall–Kier alpha value is -7.17. The van der Waals surface area contributed by atoms with E-state index in [1.807, 2.05) is 36.4 Å². The van der Waals surface area contributed by atoms with Crippen molar-refractivity contribution in [3.8, 4) is 67.9 Å². The lowest BCUT2D eigenvalue weighted by atomic mass is 9.65. The minimum absolute atomic E-state index is 0.571. The molecular formula is C50H31N3O. The summed E-state index contributed by atoms with van der Waals surface area (Å²) >= 11 is 0. The second-order valence-corrected chi connectivity index (χ2v) is 13.9. The first kappa shape index (κ1) is 30.5. The second-order valence-electron chi connectivity index (χ2n) is 13.9. The van der Waals surface area contributed by atoms with E-state index in [-0.39, 0.29) is 0 Å². The van der Waals surface area contributed by atoms with Gasteiger partial charge in [-0.1, -0.05) is 182 Å². The van der Waals surface area contributed by atoms with Crippen LogP contribution in [0.1, 0.15) is 22.3 Å². The van der Waals surface area contributed by atoms with E-state index < -0.39 is 5.41 Å². The van der Waals surface area contributed by atoms with Gasteiger partial charge in [0.2, 0.25) is 0 Å². The molecule has 0 saturated carbocycles. The molecule has 8 aromatic carbocycles. The standard InChI is InChI=1S/C50H31N3O/c1-3-13-32(14-4-1)33-23-25-36(26-24-33)48-51-47(35-16-5-2-6-17-35)52-49(53-48)37-28-29-43-45(31-37)54-46-38-18-8-7-15-34(38)27-30-44(46)50(43)41-21-11-9-19-39(41)40-20-10-12-22-42(40)50/h1-31H.